The summed E-state index contributed by atoms with van der Waals surface area (Å²) in [4.78, 5) is 31.8. The van der Waals surface area contributed by atoms with Crippen molar-refractivity contribution in [1.82, 2.24) is 15.3 Å². The molecule has 0 aromatic carbocycles. The number of amides is 1. The standard InChI is InChI=1S/C16H24N4O3/c1-12(15(22)20-13-6-3-2-4-7-13)23-14(21)8-11-19-16-17-9-5-10-18-16/h5,9-10,12-13H,2-4,6-8,11H2,1H3,(H,20,22)(H,17,18,19). The Kier molecular flexibility index (Phi) is 6.77. The number of anilines is 1. The quantitative estimate of drug-likeness (QED) is 0.742. The molecule has 0 aliphatic heterocycles. The molecule has 0 bridgehead atoms. The smallest absolute Gasteiger partial charge is 0.308 e. The molecule has 2 rings (SSSR count). The molecular formula is C16H24N4O3. The second-order valence-electron chi connectivity index (χ2n) is 5.72. The molecule has 7 nitrogen and oxygen atoms in total. The Balaban J connectivity index is 1.64. The topological polar surface area (TPSA) is 93.2 Å². The highest BCUT2D eigenvalue weighted by Crippen LogP contribution is 2.17. The van der Waals surface area contributed by atoms with Crippen molar-refractivity contribution in [3.05, 3.63) is 18.5 Å². The third kappa shape index (κ3) is 6.22. The van der Waals surface area contributed by atoms with Crippen molar-refractivity contribution in [3.63, 3.8) is 0 Å². The molecule has 1 atom stereocenters. The number of carbonyl (C=O) groups is 2. The van der Waals surface area contributed by atoms with E-state index in [1.165, 1.54) is 6.42 Å². The van der Waals surface area contributed by atoms with Gasteiger partial charge in [-0.25, -0.2) is 9.97 Å². The van der Waals surface area contributed by atoms with E-state index in [0.29, 0.717) is 12.5 Å². The minimum atomic E-state index is -0.766. The van der Waals surface area contributed by atoms with E-state index in [2.05, 4.69) is 20.6 Å². The minimum absolute atomic E-state index is 0.152. The normalized spacial score (nSPS) is 16.4. The number of carbonyl (C=O) groups excluding carboxylic acids is 2. The number of hydrogen-bond acceptors (Lipinski definition) is 6. The summed E-state index contributed by atoms with van der Waals surface area (Å²) >= 11 is 0. The Hall–Kier alpha value is -2.18. The summed E-state index contributed by atoms with van der Waals surface area (Å²) in [6.45, 7) is 1.96. The van der Waals surface area contributed by atoms with E-state index in [1.54, 1.807) is 25.4 Å². The van der Waals surface area contributed by atoms with Crippen LogP contribution in [0.25, 0.3) is 0 Å². The highest BCUT2D eigenvalue weighted by Gasteiger charge is 2.22. The number of nitrogens with one attached hydrogen (secondary N) is 2. The molecular weight excluding hydrogens is 296 g/mol. The van der Waals surface area contributed by atoms with Crippen molar-refractivity contribution >= 4 is 17.8 Å². The molecule has 1 aliphatic rings. The van der Waals surface area contributed by atoms with Gasteiger partial charge in [-0.1, -0.05) is 19.3 Å². The second-order valence-corrected chi connectivity index (χ2v) is 5.72. The molecule has 0 radical (unpaired) electrons. The molecule has 1 heterocycles. The number of esters is 1. The fourth-order valence-electron chi connectivity index (χ4n) is 2.54. The van der Waals surface area contributed by atoms with E-state index >= 15 is 0 Å². The van der Waals surface area contributed by atoms with Gasteiger partial charge in [0.05, 0.1) is 6.42 Å². The number of ether oxygens (including phenoxy) is 1. The van der Waals surface area contributed by atoms with Gasteiger partial charge >= 0.3 is 5.97 Å². The van der Waals surface area contributed by atoms with Gasteiger partial charge in [0.2, 0.25) is 5.95 Å². The lowest BCUT2D eigenvalue weighted by atomic mass is 9.95. The highest BCUT2D eigenvalue weighted by atomic mass is 16.5. The third-order valence-corrected chi connectivity index (χ3v) is 3.81. The first kappa shape index (κ1) is 17.2. The number of rotatable bonds is 7. The Morgan fingerprint density at radius 3 is 2.65 bits per heavy atom. The fourth-order valence-corrected chi connectivity index (χ4v) is 2.54. The molecule has 2 N–H and O–H groups in total. The van der Waals surface area contributed by atoms with E-state index in [9.17, 15) is 9.59 Å². The van der Waals surface area contributed by atoms with Crippen molar-refractivity contribution in [2.24, 2.45) is 0 Å². The first-order valence-corrected chi connectivity index (χ1v) is 8.16. The van der Waals surface area contributed by atoms with E-state index in [4.69, 9.17) is 4.74 Å². The molecule has 1 aliphatic carbocycles. The van der Waals surface area contributed by atoms with Crippen LogP contribution in [0.15, 0.2) is 18.5 Å². The Labute approximate surface area is 136 Å². The zero-order chi connectivity index (χ0) is 16.5. The average molecular weight is 320 g/mol. The summed E-state index contributed by atoms with van der Waals surface area (Å²) in [5.41, 5.74) is 0. The van der Waals surface area contributed by atoms with Crippen LogP contribution in [0.4, 0.5) is 5.95 Å². The van der Waals surface area contributed by atoms with Gasteiger partial charge < -0.3 is 15.4 Å². The summed E-state index contributed by atoms with van der Waals surface area (Å²) in [6.07, 6.45) is 8.15. The summed E-state index contributed by atoms with van der Waals surface area (Å²) in [7, 11) is 0. The van der Waals surface area contributed by atoms with Crippen molar-refractivity contribution in [2.75, 3.05) is 11.9 Å². The monoisotopic (exact) mass is 320 g/mol. The highest BCUT2D eigenvalue weighted by molar-refractivity contribution is 5.83. The summed E-state index contributed by atoms with van der Waals surface area (Å²) in [5.74, 6) is -0.173. The molecule has 1 aromatic heterocycles. The lowest BCUT2D eigenvalue weighted by Gasteiger charge is -2.24. The average Bonchev–Trinajstić information content (AvgIpc) is 2.56. The molecule has 23 heavy (non-hydrogen) atoms. The van der Waals surface area contributed by atoms with Crippen LogP contribution in [-0.4, -0.2) is 40.5 Å². The number of aromatic nitrogens is 2. The molecule has 7 heteroatoms. The van der Waals surface area contributed by atoms with Crippen LogP contribution in [0.3, 0.4) is 0 Å². The van der Waals surface area contributed by atoms with Crippen LogP contribution in [-0.2, 0) is 14.3 Å². The van der Waals surface area contributed by atoms with Crippen LogP contribution in [0.2, 0.25) is 0 Å². The second kappa shape index (κ2) is 9.07. The van der Waals surface area contributed by atoms with Gasteiger partial charge in [-0.05, 0) is 25.8 Å². The predicted octanol–water partition coefficient (Wildman–Crippen LogP) is 1.66. The molecule has 1 aromatic rings. The summed E-state index contributed by atoms with van der Waals surface area (Å²) < 4.78 is 5.16. The van der Waals surface area contributed by atoms with Crippen LogP contribution < -0.4 is 10.6 Å². The summed E-state index contributed by atoms with van der Waals surface area (Å²) in [6, 6.07) is 1.93. The minimum Gasteiger partial charge on any atom is -0.452 e. The van der Waals surface area contributed by atoms with E-state index in [0.717, 1.165) is 25.7 Å². The van der Waals surface area contributed by atoms with Gasteiger partial charge in [-0.2, -0.15) is 0 Å². The van der Waals surface area contributed by atoms with Crippen LogP contribution in [0, 0.1) is 0 Å². The van der Waals surface area contributed by atoms with E-state index in [-0.39, 0.29) is 18.4 Å². The van der Waals surface area contributed by atoms with Gasteiger partial charge in [0.15, 0.2) is 6.10 Å². The molecule has 1 saturated carbocycles. The first-order chi connectivity index (χ1) is 11.1. The Bertz CT molecular complexity index is 503. The van der Waals surface area contributed by atoms with E-state index in [1.807, 2.05) is 0 Å². The maximum absolute atomic E-state index is 12.0. The van der Waals surface area contributed by atoms with Crippen molar-refractivity contribution < 1.29 is 14.3 Å². The van der Waals surface area contributed by atoms with Gasteiger partial charge in [-0.3, -0.25) is 9.59 Å². The van der Waals surface area contributed by atoms with Gasteiger partial charge in [0.25, 0.3) is 5.91 Å². The molecule has 1 amide bonds. The predicted molar refractivity (Wildman–Crippen MR) is 85.7 cm³/mol. The maximum atomic E-state index is 12.0. The van der Waals surface area contributed by atoms with Gasteiger partial charge in [-0.15, -0.1) is 0 Å². The molecule has 0 saturated heterocycles. The molecule has 1 unspecified atom stereocenters. The third-order valence-electron chi connectivity index (χ3n) is 3.81. The Morgan fingerprint density at radius 1 is 1.26 bits per heavy atom. The van der Waals surface area contributed by atoms with Gasteiger partial charge in [0, 0.05) is 25.0 Å². The van der Waals surface area contributed by atoms with Crippen LogP contribution in [0.1, 0.15) is 45.4 Å². The maximum Gasteiger partial charge on any atom is 0.308 e. The van der Waals surface area contributed by atoms with E-state index < -0.39 is 12.1 Å². The van der Waals surface area contributed by atoms with Crippen molar-refractivity contribution in [3.8, 4) is 0 Å². The number of hydrogen-bond donors (Lipinski definition) is 2. The SMILES string of the molecule is CC(OC(=O)CCNc1ncccn1)C(=O)NC1CCCCC1. The van der Waals surface area contributed by atoms with Crippen LogP contribution in [0.5, 0.6) is 0 Å². The molecule has 0 spiro atoms. The zero-order valence-electron chi connectivity index (χ0n) is 13.5. The Morgan fingerprint density at radius 2 is 1.96 bits per heavy atom. The van der Waals surface area contributed by atoms with Crippen molar-refractivity contribution in [1.29, 1.82) is 0 Å². The largest absolute Gasteiger partial charge is 0.452 e. The zero-order valence-corrected chi connectivity index (χ0v) is 13.5. The van der Waals surface area contributed by atoms with Gasteiger partial charge in [0.1, 0.15) is 0 Å². The van der Waals surface area contributed by atoms with Crippen molar-refractivity contribution in [2.45, 2.75) is 57.6 Å². The fraction of sp³-hybridized carbons (Fsp3) is 0.625. The number of nitrogens with zero attached hydrogens (tertiary/aromatic N) is 2. The lowest BCUT2D eigenvalue weighted by Crippen LogP contribution is -2.42. The molecule has 126 valence electrons. The van der Waals surface area contributed by atoms with Crippen LogP contribution >= 0.6 is 0 Å². The lowest BCUT2D eigenvalue weighted by molar-refractivity contribution is -0.154. The first-order valence-electron chi connectivity index (χ1n) is 8.16. The molecule has 1 fully saturated rings. The summed E-state index contributed by atoms with van der Waals surface area (Å²) in [5, 5.41) is 5.87.